The lowest BCUT2D eigenvalue weighted by Gasteiger charge is -2.32. The van der Waals surface area contributed by atoms with Crippen LogP contribution in [0, 0.1) is 6.92 Å². The van der Waals surface area contributed by atoms with Crippen LogP contribution in [0.2, 0.25) is 0 Å². The van der Waals surface area contributed by atoms with E-state index in [9.17, 15) is 36.2 Å². The van der Waals surface area contributed by atoms with Gasteiger partial charge in [0, 0.05) is 25.8 Å². The van der Waals surface area contributed by atoms with Gasteiger partial charge in [-0.2, -0.15) is 26.3 Å². The van der Waals surface area contributed by atoms with E-state index in [0.717, 1.165) is 17.7 Å². The molecular formula is C22H24F6N2O3. The largest absolute Gasteiger partial charge is 0.423 e. The van der Waals surface area contributed by atoms with E-state index in [1.54, 1.807) is 13.0 Å². The molecule has 1 atom stereocenters. The fraction of sp³-hybridized carbons (Fsp3) is 0.409. The van der Waals surface area contributed by atoms with Gasteiger partial charge in [0.15, 0.2) is 0 Å². The van der Waals surface area contributed by atoms with Crippen molar-refractivity contribution < 1.29 is 41.0 Å². The smallest absolute Gasteiger partial charge is 0.384 e. The van der Waals surface area contributed by atoms with Crippen molar-refractivity contribution in [1.82, 2.24) is 5.32 Å². The Balaban J connectivity index is 2.17. The number of hydrogen-bond donors (Lipinski definition) is 3. The third-order valence-electron chi connectivity index (χ3n) is 5.04. The van der Waals surface area contributed by atoms with Crippen LogP contribution in [0.5, 0.6) is 0 Å². The molecule has 3 N–H and O–H groups in total. The Morgan fingerprint density at radius 2 is 1.70 bits per heavy atom. The number of halogens is 6. The van der Waals surface area contributed by atoms with Gasteiger partial charge in [-0.05, 0) is 47.9 Å². The summed E-state index contributed by atoms with van der Waals surface area (Å²) >= 11 is 0. The quantitative estimate of drug-likeness (QED) is 0.464. The number of carbonyl (C=O) groups excluding carboxylic acids is 1. The molecule has 33 heavy (non-hydrogen) atoms. The van der Waals surface area contributed by atoms with Crippen molar-refractivity contribution in [2.45, 2.75) is 37.8 Å². The molecule has 0 aliphatic heterocycles. The zero-order valence-electron chi connectivity index (χ0n) is 17.9. The van der Waals surface area contributed by atoms with Crippen molar-refractivity contribution >= 4 is 11.6 Å². The molecule has 0 radical (unpaired) electrons. The number of benzene rings is 2. The summed E-state index contributed by atoms with van der Waals surface area (Å²) in [6.45, 7) is 1.04. The van der Waals surface area contributed by atoms with Gasteiger partial charge in [-0.15, -0.1) is 0 Å². The second-order valence-electron chi connectivity index (χ2n) is 7.45. The van der Waals surface area contributed by atoms with Gasteiger partial charge in [0.05, 0.1) is 18.7 Å². The first-order chi connectivity index (χ1) is 15.3. The van der Waals surface area contributed by atoms with Crippen molar-refractivity contribution in [3.63, 3.8) is 0 Å². The number of anilines is 1. The number of aliphatic hydroxyl groups is 1. The molecule has 0 aromatic heterocycles. The van der Waals surface area contributed by atoms with Crippen molar-refractivity contribution in [3.8, 4) is 0 Å². The Morgan fingerprint density at radius 3 is 2.27 bits per heavy atom. The van der Waals surface area contributed by atoms with Crippen LogP contribution in [0.4, 0.5) is 32.0 Å². The molecule has 0 bridgehead atoms. The zero-order chi connectivity index (χ0) is 24.9. The molecule has 1 amide bonds. The molecule has 0 unspecified atom stereocenters. The first-order valence-electron chi connectivity index (χ1n) is 9.84. The van der Waals surface area contributed by atoms with E-state index in [1.807, 2.05) is 0 Å². The Morgan fingerprint density at radius 1 is 1.03 bits per heavy atom. The molecule has 0 saturated heterocycles. The molecule has 0 aliphatic rings. The lowest BCUT2D eigenvalue weighted by atomic mass is 9.91. The number of alkyl halides is 6. The predicted octanol–water partition coefficient (Wildman–Crippen LogP) is 4.53. The normalized spacial score (nSPS) is 14.0. The van der Waals surface area contributed by atoms with E-state index in [-0.39, 0.29) is 37.2 Å². The first-order valence-corrected chi connectivity index (χ1v) is 9.84. The van der Waals surface area contributed by atoms with Crippen LogP contribution in [0.3, 0.4) is 0 Å². The molecule has 2 rings (SSSR count). The van der Waals surface area contributed by atoms with Gasteiger partial charge in [0.2, 0.25) is 11.5 Å². The molecule has 182 valence electrons. The number of aryl methyl sites for hydroxylation is 1. The Hall–Kier alpha value is -2.79. The Labute approximate surface area is 186 Å². The average Bonchev–Trinajstić information content (AvgIpc) is 2.74. The van der Waals surface area contributed by atoms with E-state index in [0.29, 0.717) is 11.6 Å². The number of rotatable bonds is 9. The summed E-state index contributed by atoms with van der Waals surface area (Å²) in [7, 11) is 1.47. The highest BCUT2D eigenvalue weighted by atomic mass is 19.4. The number of carbonyl (C=O) groups is 1. The van der Waals surface area contributed by atoms with Crippen molar-refractivity contribution in [2.24, 2.45) is 0 Å². The summed E-state index contributed by atoms with van der Waals surface area (Å²) < 4.78 is 84.8. The maximum absolute atomic E-state index is 13.7. The maximum Gasteiger partial charge on any atom is 0.423 e. The third kappa shape index (κ3) is 6.84. The van der Waals surface area contributed by atoms with Crippen molar-refractivity contribution in [3.05, 3.63) is 64.7 Å². The monoisotopic (exact) mass is 478 g/mol. The summed E-state index contributed by atoms with van der Waals surface area (Å²) in [6, 6.07) is 7.08. The Bertz CT molecular complexity index is 962. The minimum Gasteiger partial charge on any atom is -0.384 e. The van der Waals surface area contributed by atoms with Gasteiger partial charge in [-0.3, -0.25) is 4.79 Å². The molecule has 0 spiro atoms. The van der Waals surface area contributed by atoms with E-state index in [1.165, 1.54) is 19.2 Å². The predicted molar refractivity (Wildman–Crippen MR) is 109 cm³/mol. The highest BCUT2D eigenvalue weighted by molar-refractivity contribution is 5.76. The van der Waals surface area contributed by atoms with E-state index in [2.05, 4.69) is 10.6 Å². The van der Waals surface area contributed by atoms with Gasteiger partial charge < -0.3 is 20.5 Å². The van der Waals surface area contributed by atoms with Gasteiger partial charge in [-0.1, -0.05) is 18.2 Å². The topological polar surface area (TPSA) is 70.6 Å². The molecular weight excluding hydrogens is 454 g/mol. The van der Waals surface area contributed by atoms with Crippen molar-refractivity contribution in [2.75, 3.05) is 25.6 Å². The zero-order valence-corrected chi connectivity index (χ0v) is 17.9. The Kier molecular flexibility index (Phi) is 8.36. The van der Waals surface area contributed by atoms with Gasteiger partial charge in [-0.25, -0.2) is 0 Å². The standard InChI is InChI=1S/C22H24F6N2O3/c1-14-10-18(7-6-15(14)12-29-19(31)8-9-33-2)30-13-20(32,22(26,27)28)16-4-3-5-17(11-16)21(23,24)25/h3-7,10-11,30,32H,8-9,12-13H2,1-2H3,(H,29,31)/t20-/m1/s1. The summed E-state index contributed by atoms with van der Waals surface area (Å²) in [5, 5.41) is 15.5. The van der Waals surface area contributed by atoms with E-state index in [4.69, 9.17) is 4.74 Å². The lowest BCUT2D eigenvalue weighted by molar-refractivity contribution is -0.260. The SMILES string of the molecule is COCCC(=O)NCc1ccc(NC[C@@](O)(c2cccc(C(F)(F)F)c2)C(F)(F)F)cc1C. The molecule has 0 fully saturated rings. The van der Waals surface area contributed by atoms with Crippen LogP contribution in [-0.2, 0) is 27.9 Å². The molecule has 5 nitrogen and oxygen atoms in total. The molecule has 0 heterocycles. The second kappa shape index (κ2) is 10.4. The minimum absolute atomic E-state index is 0.181. The van der Waals surface area contributed by atoms with Crippen LogP contribution in [-0.4, -0.2) is 37.5 Å². The molecule has 2 aromatic carbocycles. The number of amides is 1. The van der Waals surface area contributed by atoms with Crippen LogP contribution in [0.15, 0.2) is 42.5 Å². The first kappa shape index (κ1) is 26.5. The molecule has 2 aromatic rings. The summed E-state index contributed by atoms with van der Waals surface area (Å²) in [5.74, 6) is -0.227. The average molecular weight is 478 g/mol. The van der Waals surface area contributed by atoms with Gasteiger partial charge in [0.1, 0.15) is 0 Å². The van der Waals surface area contributed by atoms with E-state index < -0.39 is 35.6 Å². The summed E-state index contributed by atoms with van der Waals surface area (Å²) in [5.41, 5.74) is -4.19. The van der Waals surface area contributed by atoms with Crippen LogP contribution in [0.25, 0.3) is 0 Å². The molecule has 11 heteroatoms. The van der Waals surface area contributed by atoms with Crippen LogP contribution < -0.4 is 10.6 Å². The third-order valence-corrected chi connectivity index (χ3v) is 5.04. The summed E-state index contributed by atoms with van der Waals surface area (Å²) in [4.78, 5) is 11.7. The fourth-order valence-electron chi connectivity index (χ4n) is 3.03. The van der Waals surface area contributed by atoms with Crippen LogP contribution >= 0.6 is 0 Å². The highest BCUT2D eigenvalue weighted by Crippen LogP contribution is 2.41. The fourth-order valence-corrected chi connectivity index (χ4v) is 3.03. The minimum atomic E-state index is -5.24. The number of hydrogen-bond acceptors (Lipinski definition) is 4. The highest BCUT2D eigenvalue weighted by Gasteiger charge is 2.55. The lowest BCUT2D eigenvalue weighted by Crippen LogP contribution is -2.48. The van der Waals surface area contributed by atoms with E-state index >= 15 is 0 Å². The van der Waals surface area contributed by atoms with Crippen molar-refractivity contribution in [1.29, 1.82) is 0 Å². The molecule has 0 saturated carbocycles. The maximum atomic E-state index is 13.7. The number of ether oxygens (including phenoxy) is 1. The van der Waals surface area contributed by atoms with Crippen LogP contribution in [0.1, 0.15) is 28.7 Å². The summed E-state index contributed by atoms with van der Waals surface area (Å²) in [6.07, 6.45) is -9.92. The number of methoxy groups -OCH3 is 1. The second-order valence-corrected chi connectivity index (χ2v) is 7.45. The molecule has 0 aliphatic carbocycles. The van der Waals surface area contributed by atoms with Gasteiger partial charge in [0.25, 0.3) is 0 Å². The van der Waals surface area contributed by atoms with Gasteiger partial charge >= 0.3 is 12.4 Å². The number of nitrogens with one attached hydrogen (secondary N) is 2.